The molecule has 23 heavy (non-hydrogen) atoms. The molecule has 0 unspecified atom stereocenters. The summed E-state index contributed by atoms with van der Waals surface area (Å²) in [6.45, 7) is 0.400. The topological polar surface area (TPSA) is 109 Å². The average molecular weight is 334 g/mol. The van der Waals surface area contributed by atoms with Crippen LogP contribution in [-0.4, -0.2) is 15.9 Å². The number of carbonyl (C=O) groups excluding carboxylic acids is 1. The number of amides is 1. The Morgan fingerprint density at radius 1 is 1.22 bits per heavy atom. The van der Waals surface area contributed by atoms with Gasteiger partial charge in [-0.05, 0) is 29.9 Å². The van der Waals surface area contributed by atoms with Crippen LogP contribution in [0, 0.1) is 10.1 Å². The fourth-order valence-corrected chi connectivity index (χ4v) is 1.84. The Bertz CT molecular complexity index is 685. The van der Waals surface area contributed by atoms with Gasteiger partial charge in [0, 0.05) is 12.1 Å². The first kappa shape index (κ1) is 16.4. The van der Waals surface area contributed by atoms with Crippen molar-refractivity contribution in [2.75, 3.05) is 0 Å². The van der Waals surface area contributed by atoms with E-state index in [9.17, 15) is 14.9 Å². The van der Waals surface area contributed by atoms with E-state index < -0.39 is 4.92 Å². The molecule has 1 aromatic carbocycles. The molecule has 1 heterocycles. The van der Waals surface area contributed by atoms with E-state index in [-0.39, 0.29) is 23.1 Å². The van der Waals surface area contributed by atoms with E-state index in [0.29, 0.717) is 17.9 Å². The number of hydrogen-bond donors (Lipinski definition) is 3. The highest BCUT2D eigenvalue weighted by molar-refractivity contribution is 7.80. The lowest BCUT2D eigenvalue weighted by molar-refractivity contribution is -0.384. The molecule has 0 aliphatic carbocycles. The molecule has 0 aliphatic rings. The number of furan rings is 1. The van der Waals surface area contributed by atoms with E-state index in [0.717, 1.165) is 0 Å². The number of nitrogens with zero attached hydrogens (tertiary/aromatic N) is 1. The van der Waals surface area contributed by atoms with Crippen LogP contribution in [0.25, 0.3) is 0 Å². The predicted octanol–water partition coefficient (Wildman–Crippen LogP) is 1.43. The lowest BCUT2D eigenvalue weighted by atomic mass is 10.1. The third kappa shape index (κ3) is 5.40. The summed E-state index contributed by atoms with van der Waals surface area (Å²) < 4.78 is 5.13. The van der Waals surface area contributed by atoms with Gasteiger partial charge in [-0.15, -0.1) is 0 Å². The van der Waals surface area contributed by atoms with Gasteiger partial charge in [0.25, 0.3) is 5.69 Å². The Morgan fingerprint density at radius 2 is 1.96 bits per heavy atom. The van der Waals surface area contributed by atoms with Gasteiger partial charge >= 0.3 is 0 Å². The molecule has 0 bridgehead atoms. The maximum atomic E-state index is 11.8. The molecule has 0 saturated carbocycles. The number of non-ortho nitro benzene ring substituents is 1. The van der Waals surface area contributed by atoms with E-state index in [1.165, 1.54) is 24.3 Å². The Hall–Kier alpha value is -2.94. The number of hydrogen-bond acceptors (Lipinski definition) is 5. The van der Waals surface area contributed by atoms with E-state index in [1.807, 2.05) is 0 Å². The van der Waals surface area contributed by atoms with Crippen molar-refractivity contribution < 1.29 is 14.1 Å². The summed E-state index contributed by atoms with van der Waals surface area (Å²) in [5.41, 5.74) is 5.65. The van der Waals surface area contributed by atoms with Crippen molar-refractivity contribution >= 4 is 28.9 Å². The van der Waals surface area contributed by atoms with Crippen LogP contribution >= 0.6 is 12.2 Å². The number of hydrazine groups is 1. The molecule has 0 radical (unpaired) electrons. The third-order valence-corrected chi connectivity index (χ3v) is 3.08. The molecular formula is C14H14N4O4S. The number of carbonyl (C=O) groups is 1. The van der Waals surface area contributed by atoms with E-state index in [1.54, 1.807) is 18.4 Å². The van der Waals surface area contributed by atoms with Crippen molar-refractivity contribution in [1.29, 1.82) is 0 Å². The van der Waals surface area contributed by atoms with Gasteiger partial charge in [0.05, 0.1) is 24.2 Å². The van der Waals surface area contributed by atoms with Gasteiger partial charge < -0.3 is 9.73 Å². The van der Waals surface area contributed by atoms with Crippen LogP contribution in [0.3, 0.4) is 0 Å². The standard InChI is InChI=1S/C14H14N4O4S/c19-13(8-10-3-5-11(6-4-10)18(20)21)16-17-14(23)15-9-12-2-1-7-22-12/h1-7H,8-9H2,(H,16,19)(H2,15,17,23). The Kier molecular flexibility index (Phi) is 5.64. The number of nitrogens with one attached hydrogen (secondary N) is 3. The predicted molar refractivity (Wildman–Crippen MR) is 86.2 cm³/mol. The van der Waals surface area contributed by atoms with E-state index >= 15 is 0 Å². The summed E-state index contributed by atoms with van der Waals surface area (Å²) in [7, 11) is 0. The minimum atomic E-state index is -0.492. The molecule has 1 aromatic heterocycles. The Morgan fingerprint density at radius 3 is 2.57 bits per heavy atom. The number of benzene rings is 1. The SMILES string of the molecule is O=C(Cc1ccc([N+](=O)[O-])cc1)NNC(=S)NCc1ccco1. The van der Waals surface area contributed by atoms with Crippen molar-refractivity contribution in [3.8, 4) is 0 Å². The first-order valence-electron chi connectivity index (χ1n) is 6.63. The molecule has 1 amide bonds. The smallest absolute Gasteiger partial charge is 0.269 e. The minimum absolute atomic E-state index is 0.0180. The Labute approximate surface area is 137 Å². The maximum Gasteiger partial charge on any atom is 0.269 e. The average Bonchev–Trinajstić information content (AvgIpc) is 3.05. The number of thiocarbonyl (C=S) groups is 1. The zero-order valence-electron chi connectivity index (χ0n) is 11.9. The second-order valence-corrected chi connectivity index (χ2v) is 4.94. The van der Waals surface area contributed by atoms with Gasteiger partial charge in [-0.3, -0.25) is 25.8 Å². The van der Waals surface area contributed by atoms with Crippen molar-refractivity contribution in [3.05, 3.63) is 64.1 Å². The van der Waals surface area contributed by atoms with Crippen LogP contribution in [0.15, 0.2) is 47.1 Å². The molecule has 9 heteroatoms. The van der Waals surface area contributed by atoms with Gasteiger partial charge in [-0.25, -0.2) is 0 Å². The van der Waals surface area contributed by atoms with Crippen molar-refractivity contribution in [2.24, 2.45) is 0 Å². The zero-order valence-corrected chi connectivity index (χ0v) is 12.8. The zero-order chi connectivity index (χ0) is 16.7. The summed E-state index contributed by atoms with van der Waals surface area (Å²) in [5.74, 6) is 0.396. The van der Waals surface area contributed by atoms with Crippen LogP contribution < -0.4 is 16.2 Å². The summed E-state index contributed by atoms with van der Waals surface area (Å²) in [4.78, 5) is 21.8. The second-order valence-electron chi connectivity index (χ2n) is 4.54. The fourth-order valence-electron chi connectivity index (χ4n) is 1.72. The van der Waals surface area contributed by atoms with Crippen molar-refractivity contribution in [3.63, 3.8) is 0 Å². The molecule has 2 aromatic rings. The van der Waals surface area contributed by atoms with Gasteiger partial charge in [0.2, 0.25) is 5.91 Å². The van der Waals surface area contributed by atoms with Crippen LogP contribution in [0.1, 0.15) is 11.3 Å². The van der Waals surface area contributed by atoms with Crippen molar-refractivity contribution in [1.82, 2.24) is 16.2 Å². The van der Waals surface area contributed by atoms with Gasteiger partial charge in [0.1, 0.15) is 5.76 Å². The van der Waals surface area contributed by atoms with Crippen LogP contribution in [0.4, 0.5) is 5.69 Å². The lowest BCUT2D eigenvalue weighted by Gasteiger charge is -2.10. The molecule has 0 aliphatic heterocycles. The first-order valence-corrected chi connectivity index (χ1v) is 7.04. The Balaban J connectivity index is 1.71. The highest BCUT2D eigenvalue weighted by Crippen LogP contribution is 2.12. The van der Waals surface area contributed by atoms with E-state index in [4.69, 9.17) is 16.6 Å². The van der Waals surface area contributed by atoms with Gasteiger partial charge in [0.15, 0.2) is 5.11 Å². The number of nitro groups is 1. The van der Waals surface area contributed by atoms with Crippen molar-refractivity contribution in [2.45, 2.75) is 13.0 Å². The molecular weight excluding hydrogens is 320 g/mol. The third-order valence-electron chi connectivity index (χ3n) is 2.83. The molecule has 120 valence electrons. The summed E-state index contributed by atoms with van der Waals surface area (Å²) in [6, 6.07) is 9.33. The number of rotatable bonds is 5. The number of nitro benzene ring substituents is 1. The van der Waals surface area contributed by atoms with Gasteiger partial charge in [-0.1, -0.05) is 12.1 Å². The molecule has 0 atom stereocenters. The molecule has 8 nitrogen and oxygen atoms in total. The summed E-state index contributed by atoms with van der Waals surface area (Å²) >= 11 is 5.00. The quantitative estimate of drug-likeness (QED) is 0.431. The highest BCUT2D eigenvalue weighted by atomic mass is 32.1. The molecule has 0 saturated heterocycles. The molecule has 2 rings (SSSR count). The summed E-state index contributed by atoms with van der Waals surface area (Å²) in [5, 5.41) is 13.7. The monoisotopic (exact) mass is 334 g/mol. The van der Waals surface area contributed by atoms with E-state index in [2.05, 4.69) is 16.2 Å². The van der Waals surface area contributed by atoms with Crippen LogP contribution in [-0.2, 0) is 17.8 Å². The second kappa shape index (κ2) is 7.90. The molecule has 0 fully saturated rings. The van der Waals surface area contributed by atoms with Gasteiger partial charge in [-0.2, -0.15) is 0 Å². The first-order chi connectivity index (χ1) is 11.0. The van der Waals surface area contributed by atoms with Crippen LogP contribution in [0.2, 0.25) is 0 Å². The highest BCUT2D eigenvalue weighted by Gasteiger charge is 2.07. The van der Waals surface area contributed by atoms with Crippen LogP contribution in [0.5, 0.6) is 0 Å². The minimum Gasteiger partial charge on any atom is -0.467 e. The lowest BCUT2D eigenvalue weighted by Crippen LogP contribution is -2.47. The molecule has 0 spiro atoms. The molecule has 3 N–H and O–H groups in total. The largest absolute Gasteiger partial charge is 0.467 e. The normalized spacial score (nSPS) is 9.91. The maximum absolute atomic E-state index is 11.8. The fraction of sp³-hybridized carbons (Fsp3) is 0.143. The summed E-state index contributed by atoms with van der Waals surface area (Å²) in [6.07, 6.45) is 1.63.